The number of carbonyl (C=O) groups is 1. The maximum atomic E-state index is 13.2. The quantitative estimate of drug-likeness (QED) is 0.742. The smallest absolute Gasteiger partial charge is 0.214 e. The molecule has 146 valence electrons. The van der Waals surface area contributed by atoms with Gasteiger partial charge in [-0.25, -0.2) is 0 Å². The summed E-state index contributed by atoms with van der Waals surface area (Å²) in [7, 11) is 2.22. The van der Waals surface area contributed by atoms with Crippen LogP contribution < -0.4 is 0 Å². The van der Waals surface area contributed by atoms with Crippen LogP contribution in [-0.4, -0.2) is 39.5 Å². The van der Waals surface area contributed by atoms with Gasteiger partial charge in [-0.1, -0.05) is 0 Å². The van der Waals surface area contributed by atoms with Gasteiger partial charge in [-0.3, -0.25) is 19.8 Å². The molecule has 0 amide bonds. The number of aromatic nitrogens is 2. The van der Waals surface area contributed by atoms with Gasteiger partial charge in [0.1, 0.15) is 11.4 Å². The second kappa shape index (κ2) is 6.34. The molecule has 0 spiro atoms. The van der Waals surface area contributed by atoms with E-state index >= 15 is 0 Å². The van der Waals surface area contributed by atoms with Crippen LogP contribution in [0.25, 0.3) is 11.4 Å². The van der Waals surface area contributed by atoms with Crippen LogP contribution in [0.4, 0.5) is 0 Å². The van der Waals surface area contributed by atoms with E-state index in [-0.39, 0.29) is 5.78 Å². The molecule has 4 bridgehead atoms. The molecule has 4 heterocycles. The average Bonchev–Trinajstić information content (AvgIpc) is 2.88. The van der Waals surface area contributed by atoms with Crippen molar-refractivity contribution in [2.45, 2.75) is 38.1 Å². The zero-order chi connectivity index (χ0) is 19.5. The Kier molecular flexibility index (Phi) is 3.73. The summed E-state index contributed by atoms with van der Waals surface area (Å²) in [5.41, 5.74) is 4.56. The van der Waals surface area contributed by atoms with Crippen molar-refractivity contribution in [3.63, 3.8) is 0 Å². The predicted molar refractivity (Wildman–Crippen MR) is 112 cm³/mol. The molecule has 29 heavy (non-hydrogen) atoms. The molecule has 3 aliphatic carbocycles. The zero-order valence-electron chi connectivity index (χ0n) is 16.6. The second-order valence-corrected chi connectivity index (χ2v) is 9.03. The molecule has 2 atom stereocenters. The minimum atomic E-state index is -0.0625. The Hall–Kier alpha value is -2.82. The number of allylic oxidation sites excluding steroid dienone is 1. The van der Waals surface area contributed by atoms with Gasteiger partial charge in [0.15, 0.2) is 0 Å². The van der Waals surface area contributed by atoms with Gasteiger partial charge in [-0.2, -0.15) is 0 Å². The summed E-state index contributed by atoms with van der Waals surface area (Å²) >= 11 is 0. The van der Waals surface area contributed by atoms with E-state index in [1.807, 2.05) is 24.4 Å². The number of carbonyl (C=O) groups excluding carboxylic acids is 1. The van der Waals surface area contributed by atoms with Gasteiger partial charge >= 0.3 is 0 Å². The summed E-state index contributed by atoms with van der Waals surface area (Å²) in [5.74, 6) is 2.23. The van der Waals surface area contributed by atoms with Crippen LogP contribution in [0.1, 0.15) is 48.0 Å². The molecule has 2 aromatic rings. The monoisotopic (exact) mass is 384 g/mol. The third-order valence-electron chi connectivity index (χ3n) is 7.37. The fourth-order valence-electron chi connectivity index (χ4n) is 6.14. The third kappa shape index (κ3) is 2.60. The number of fused-ring (bicyclic) bond motifs is 4. The molecule has 0 radical (unpaired) electrons. The molecule has 2 unspecified atom stereocenters. The first-order valence-electron chi connectivity index (χ1n) is 10.6. The van der Waals surface area contributed by atoms with Gasteiger partial charge in [0.2, 0.25) is 5.78 Å². The summed E-state index contributed by atoms with van der Waals surface area (Å²) in [4.78, 5) is 29.4. The number of nitrogens with zero attached hydrogens (tertiary/aromatic N) is 4. The molecule has 7 rings (SSSR count). The van der Waals surface area contributed by atoms with Gasteiger partial charge < -0.3 is 4.90 Å². The number of rotatable bonds is 1. The molecule has 2 aliphatic heterocycles. The molecular weight excluding hydrogens is 360 g/mol. The second-order valence-electron chi connectivity index (χ2n) is 9.03. The van der Waals surface area contributed by atoms with E-state index in [0.29, 0.717) is 28.9 Å². The lowest BCUT2D eigenvalue weighted by molar-refractivity contribution is 0.106. The first kappa shape index (κ1) is 17.1. The van der Waals surface area contributed by atoms with Crippen LogP contribution in [0.15, 0.2) is 53.5 Å². The summed E-state index contributed by atoms with van der Waals surface area (Å²) < 4.78 is 0. The number of Topliss-reactive ketones (excluding diaryl/α,β-unsaturated/α-hetero) is 1. The normalized spacial score (nSPS) is 32.4. The first-order chi connectivity index (χ1) is 14.2. The Morgan fingerprint density at radius 1 is 0.966 bits per heavy atom. The van der Waals surface area contributed by atoms with Crippen molar-refractivity contribution in [2.24, 2.45) is 22.7 Å². The molecular formula is C24H24N4O. The van der Waals surface area contributed by atoms with Crippen LogP contribution in [-0.2, 0) is 0 Å². The molecule has 2 saturated heterocycles. The largest absolute Gasteiger partial charge is 0.373 e. The molecule has 0 N–H and O–H groups in total. The van der Waals surface area contributed by atoms with Gasteiger partial charge in [0, 0.05) is 48.9 Å². The zero-order valence-corrected chi connectivity index (χ0v) is 16.6. The molecule has 4 fully saturated rings. The number of pyridine rings is 2. The topological polar surface area (TPSA) is 58.5 Å². The van der Waals surface area contributed by atoms with E-state index in [0.717, 1.165) is 23.1 Å². The van der Waals surface area contributed by atoms with Crippen molar-refractivity contribution in [3.05, 3.63) is 59.7 Å². The minimum Gasteiger partial charge on any atom is -0.373 e. The molecule has 0 aromatic carbocycles. The minimum absolute atomic E-state index is 0.0625. The third-order valence-corrected chi connectivity index (χ3v) is 7.37. The average molecular weight is 384 g/mol. The van der Waals surface area contributed by atoms with E-state index in [4.69, 9.17) is 4.99 Å². The standard InChI is InChI=1S/C24H24N4O/c1-28-17-11-14-8-15(12-17)10-16(9-14)20(28)13-27-23-18-4-2-6-25-21(18)22-19(24(23)29)5-3-7-26-22/h2-7,13-17H,8-12H2,1H3/b20-13+,27-23?. The first-order valence-corrected chi connectivity index (χ1v) is 10.6. The number of ketones is 1. The van der Waals surface area contributed by atoms with Crippen LogP contribution in [0.3, 0.4) is 0 Å². The predicted octanol–water partition coefficient (Wildman–Crippen LogP) is 4.11. The number of hydrogen-bond donors (Lipinski definition) is 0. The van der Waals surface area contributed by atoms with Gasteiger partial charge in [-0.15, -0.1) is 0 Å². The Bertz CT molecular complexity index is 1060. The Morgan fingerprint density at radius 2 is 1.62 bits per heavy atom. The number of aliphatic imine (C=N–C) groups is 1. The molecule has 5 heteroatoms. The van der Waals surface area contributed by atoms with Gasteiger partial charge in [0.05, 0.1) is 11.3 Å². The summed E-state index contributed by atoms with van der Waals surface area (Å²) in [6.45, 7) is 0. The highest BCUT2D eigenvalue weighted by Crippen LogP contribution is 2.50. The van der Waals surface area contributed by atoms with Crippen LogP contribution in [0.5, 0.6) is 0 Å². The van der Waals surface area contributed by atoms with E-state index in [1.54, 1.807) is 18.5 Å². The Labute approximate surface area is 170 Å². The van der Waals surface area contributed by atoms with Crippen molar-refractivity contribution in [1.29, 1.82) is 0 Å². The van der Waals surface area contributed by atoms with E-state index in [1.165, 1.54) is 37.8 Å². The highest BCUT2D eigenvalue weighted by molar-refractivity contribution is 6.54. The van der Waals surface area contributed by atoms with E-state index in [2.05, 4.69) is 21.9 Å². The molecule has 2 saturated carbocycles. The van der Waals surface area contributed by atoms with E-state index in [9.17, 15) is 4.79 Å². The lowest BCUT2D eigenvalue weighted by atomic mass is 9.68. The maximum Gasteiger partial charge on any atom is 0.214 e. The lowest BCUT2D eigenvalue weighted by Crippen LogP contribution is -2.34. The Morgan fingerprint density at radius 3 is 2.34 bits per heavy atom. The van der Waals surface area contributed by atoms with Crippen molar-refractivity contribution < 1.29 is 4.79 Å². The SMILES string of the molecule is CN1/C(=C/N=C2C(=O)c3cccnc3-c3ncccc32)C2CC3CC(C2)CC1C3. The van der Waals surface area contributed by atoms with Crippen LogP contribution >= 0.6 is 0 Å². The van der Waals surface area contributed by atoms with Crippen molar-refractivity contribution in [1.82, 2.24) is 14.9 Å². The summed E-state index contributed by atoms with van der Waals surface area (Å²) in [5, 5.41) is 0. The highest BCUT2D eigenvalue weighted by Gasteiger charge is 2.43. The molecule has 2 aromatic heterocycles. The van der Waals surface area contributed by atoms with Gasteiger partial charge in [0.25, 0.3) is 0 Å². The summed E-state index contributed by atoms with van der Waals surface area (Å²) in [6.07, 6.45) is 12.0. The molecule has 5 aliphatic rings. The van der Waals surface area contributed by atoms with Crippen molar-refractivity contribution in [3.8, 4) is 11.4 Å². The number of hydrogen-bond acceptors (Lipinski definition) is 5. The van der Waals surface area contributed by atoms with Crippen molar-refractivity contribution in [2.75, 3.05) is 7.05 Å². The van der Waals surface area contributed by atoms with Gasteiger partial charge in [-0.05, 0) is 68.2 Å². The summed E-state index contributed by atoms with van der Waals surface area (Å²) in [6, 6.07) is 8.04. The fourth-order valence-corrected chi connectivity index (χ4v) is 6.14. The van der Waals surface area contributed by atoms with E-state index < -0.39 is 0 Å². The lowest BCUT2D eigenvalue weighted by Gasteiger charge is -2.38. The van der Waals surface area contributed by atoms with Crippen LogP contribution in [0.2, 0.25) is 0 Å². The highest BCUT2D eigenvalue weighted by atomic mass is 16.1. The van der Waals surface area contributed by atoms with Crippen LogP contribution in [0, 0.1) is 17.8 Å². The fraction of sp³-hybridized carbons (Fsp3) is 0.417. The molecule has 5 nitrogen and oxygen atoms in total. The van der Waals surface area contributed by atoms with Crippen molar-refractivity contribution >= 4 is 11.5 Å². The Balaban J connectivity index is 1.46. The maximum absolute atomic E-state index is 13.2.